The molecular weight excluding hydrogens is 438 g/mol. The Kier molecular flexibility index (Phi) is 5.34. The first kappa shape index (κ1) is 21.6. The van der Waals surface area contributed by atoms with E-state index in [2.05, 4.69) is 4.90 Å². The van der Waals surface area contributed by atoms with Gasteiger partial charge in [-0.15, -0.1) is 0 Å². The normalized spacial score (nSPS) is 21.1. The van der Waals surface area contributed by atoms with E-state index in [1.165, 1.54) is 0 Å². The summed E-state index contributed by atoms with van der Waals surface area (Å²) in [5.74, 6) is 0.292. The maximum absolute atomic E-state index is 13.5. The third kappa shape index (κ3) is 3.51. The van der Waals surface area contributed by atoms with E-state index in [1.807, 2.05) is 66.7 Å². The zero-order valence-electron chi connectivity index (χ0n) is 19.3. The molecule has 2 aliphatic heterocycles. The van der Waals surface area contributed by atoms with E-state index in [4.69, 9.17) is 9.15 Å². The molecule has 0 bridgehead atoms. The second-order valence-electron chi connectivity index (χ2n) is 9.04. The molecule has 0 radical (unpaired) electrons. The van der Waals surface area contributed by atoms with Crippen LogP contribution in [0.1, 0.15) is 40.7 Å². The molecule has 1 saturated heterocycles. The Bertz CT molecular complexity index is 1480. The highest BCUT2D eigenvalue weighted by Gasteiger charge is 2.53. The van der Waals surface area contributed by atoms with Crippen molar-refractivity contribution in [1.82, 2.24) is 4.90 Å². The number of para-hydroxylation sites is 1. The Morgan fingerprint density at radius 3 is 2.23 bits per heavy atom. The molecule has 1 fully saturated rings. The lowest BCUT2D eigenvalue weighted by Gasteiger charge is -2.43. The van der Waals surface area contributed by atoms with Gasteiger partial charge in [0.05, 0.1) is 5.39 Å². The van der Waals surface area contributed by atoms with Crippen molar-refractivity contribution in [2.45, 2.75) is 25.0 Å². The van der Waals surface area contributed by atoms with Crippen LogP contribution in [0.25, 0.3) is 16.5 Å². The summed E-state index contributed by atoms with van der Waals surface area (Å²) in [6.07, 6.45) is 4.75. The van der Waals surface area contributed by atoms with Crippen LogP contribution in [-0.2, 0) is 5.72 Å². The summed E-state index contributed by atoms with van der Waals surface area (Å²) in [5.41, 5.74) is 1.16. The van der Waals surface area contributed by atoms with E-state index >= 15 is 0 Å². The van der Waals surface area contributed by atoms with Crippen LogP contribution < -0.4 is 10.4 Å². The fourth-order valence-corrected chi connectivity index (χ4v) is 5.32. The number of fused-ring (bicyclic) bond motifs is 3. The maximum atomic E-state index is 13.5. The van der Waals surface area contributed by atoms with E-state index in [9.17, 15) is 9.59 Å². The van der Waals surface area contributed by atoms with Crippen LogP contribution in [0.2, 0.25) is 0 Å². The Morgan fingerprint density at radius 1 is 0.829 bits per heavy atom. The van der Waals surface area contributed by atoms with E-state index < -0.39 is 11.4 Å². The van der Waals surface area contributed by atoms with Crippen LogP contribution in [0.3, 0.4) is 0 Å². The lowest BCUT2D eigenvalue weighted by atomic mass is 9.87. The summed E-state index contributed by atoms with van der Waals surface area (Å²) in [6, 6.07) is 26.4. The minimum atomic E-state index is -1.10. The SMILES string of the molecule is O=C(C=C1c2c(c3ccccc3oc2=O)OC1(c1ccccc1)N1CCCCC1)c1ccccc1. The van der Waals surface area contributed by atoms with Gasteiger partial charge in [0, 0.05) is 29.8 Å². The molecule has 0 saturated carbocycles. The number of likely N-dealkylation sites (tertiary alicyclic amines) is 1. The van der Waals surface area contributed by atoms with Crippen LogP contribution in [0, 0.1) is 0 Å². The number of piperidine rings is 1. The fraction of sp³-hybridized carbons (Fsp3) is 0.200. The van der Waals surface area contributed by atoms with Crippen molar-refractivity contribution >= 4 is 22.3 Å². The first-order chi connectivity index (χ1) is 17.2. The fourth-order valence-electron chi connectivity index (χ4n) is 5.32. The van der Waals surface area contributed by atoms with Crippen LogP contribution in [0.4, 0.5) is 0 Å². The smallest absolute Gasteiger partial charge is 0.347 e. The standard InChI is InChI=1S/C30H25NO4/c32-25(21-12-4-1-5-13-21)20-24-27-28(23-16-8-9-17-26(23)34-29(27)33)35-30(24,22-14-6-2-7-15-22)31-18-10-3-11-19-31/h1-2,4-9,12-17,20H,3,10-11,18-19H2. The van der Waals surface area contributed by atoms with E-state index in [0.717, 1.165) is 43.3 Å². The van der Waals surface area contributed by atoms with Gasteiger partial charge < -0.3 is 9.15 Å². The van der Waals surface area contributed by atoms with Gasteiger partial charge >= 0.3 is 5.63 Å². The molecule has 0 spiro atoms. The highest BCUT2D eigenvalue weighted by molar-refractivity contribution is 6.10. The van der Waals surface area contributed by atoms with Crippen molar-refractivity contribution in [1.29, 1.82) is 0 Å². The minimum absolute atomic E-state index is 0.179. The molecule has 0 amide bonds. The molecule has 6 rings (SSSR count). The number of nitrogens with zero attached hydrogens (tertiary/aromatic N) is 1. The predicted octanol–water partition coefficient (Wildman–Crippen LogP) is 5.79. The van der Waals surface area contributed by atoms with Crippen molar-refractivity contribution in [3.8, 4) is 5.75 Å². The monoisotopic (exact) mass is 463 g/mol. The van der Waals surface area contributed by atoms with Crippen molar-refractivity contribution in [2.75, 3.05) is 13.1 Å². The number of rotatable bonds is 4. The first-order valence-corrected chi connectivity index (χ1v) is 12.1. The van der Waals surface area contributed by atoms with Gasteiger partial charge in [0.1, 0.15) is 16.9 Å². The van der Waals surface area contributed by atoms with Gasteiger partial charge in [0.2, 0.25) is 5.72 Å². The zero-order valence-corrected chi connectivity index (χ0v) is 19.3. The largest absolute Gasteiger partial charge is 0.462 e. The van der Waals surface area contributed by atoms with Crippen molar-refractivity contribution in [2.24, 2.45) is 0 Å². The molecule has 35 heavy (non-hydrogen) atoms. The number of allylic oxidation sites excluding steroid dienone is 1. The van der Waals surface area contributed by atoms with Gasteiger partial charge in [-0.3, -0.25) is 9.69 Å². The van der Waals surface area contributed by atoms with Crippen LogP contribution in [0.15, 0.2) is 100 Å². The Morgan fingerprint density at radius 2 is 1.49 bits per heavy atom. The quantitative estimate of drug-likeness (QED) is 0.218. The van der Waals surface area contributed by atoms with E-state index in [1.54, 1.807) is 24.3 Å². The average Bonchev–Trinajstić information content (AvgIpc) is 3.27. The number of hydrogen-bond acceptors (Lipinski definition) is 5. The van der Waals surface area contributed by atoms with Crippen LogP contribution >= 0.6 is 0 Å². The Labute approximate surface area is 203 Å². The Balaban J connectivity index is 1.67. The van der Waals surface area contributed by atoms with Crippen LogP contribution in [-0.4, -0.2) is 23.8 Å². The van der Waals surface area contributed by atoms with Crippen molar-refractivity contribution in [3.63, 3.8) is 0 Å². The number of hydrogen-bond donors (Lipinski definition) is 0. The number of ether oxygens (including phenoxy) is 1. The Hall–Kier alpha value is -3.96. The lowest BCUT2D eigenvalue weighted by molar-refractivity contribution is -0.0418. The summed E-state index contributed by atoms with van der Waals surface area (Å²) in [4.78, 5) is 29.2. The molecule has 1 aromatic heterocycles. The van der Waals surface area contributed by atoms with E-state index in [-0.39, 0.29) is 5.78 Å². The third-order valence-corrected chi connectivity index (χ3v) is 6.95. The molecule has 2 aliphatic rings. The van der Waals surface area contributed by atoms with Crippen molar-refractivity contribution < 1.29 is 13.9 Å². The lowest BCUT2D eigenvalue weighted by Crippen LogP contribution is -2.51. The van der Waals surface area contributed by atoms with Gasteiger partial charge in [0.15, 0.2) is 5.78 Å². The molecule has 174 valence electrons. The molecule has 4 aromatic rings. The van der Waals surface area contributed by atoms with Gasteiger partial charge in [0.25, 0.3) is 0 Å². The molecule has 1 unspecified atom stereocenters. The molecule has 5 nitrogen and oxygen atoms in total. The molecule has 3 heterocycles. The number of carbonyl (C=O) groups excluding carboxylic acids is 1. The molecule has 0 aliphatic carbocycles. The van der Waals surface area contributed by atoms with Crippen molar-refractivity contribution in [3.05, 3.63) is 118 Å². The minimum Gasteiger partial charge on any atom is -0.462 e. The average molecular weight is 464 g/mol. The highest BCUT2D eigenvalue weighted by Crippen LogP contribution is 2.53. The van der Waals surface area contributed by atoms with E-state index in [0.29, 0.717) is 28.0 Å². The van der Waals surface area contributed by atoms with Gasteiger partial charge in [-0.1, -0.05) is 79.2 Å². The summed E-state index contributed by atoms with van der Waals surface area (Å²) < 4.78 is 12.6. The first-order valence-electron chi connectivity index (χ1n) is 12.1. The maximum Gasteiger partial charge on any atom is 0.347 e. The summed E-state index contributed by atoms with van der Waals surface area (Å²) in [7, 11) is 0. The second kappa shape index (κ2) is 8.67. The van der Waals surface area contributed by atoms with Gasteiger partial charge in [-0.25, -0.2) is 4.79 Å². The number of ketones is 1. The number of carbonyl (C=O) groups is 1. The molecule has 5 heteroatoms. The molecule has 1 atom stereocenters. The third-order valence-electron chi connectivity index (χ3n) is 6.95. The second-order valence-corrected chi connectivity index (χ2v) is 9.04. The topological polar surface area (TPSA) is 59.8 Å². The summed E-state index contributed by atoms with van der Waals surface area (Å²) in [6.45, 7) is 1.59. The zero-order chi connectivity index (χ0) is 23.8. The van der Waals surface area contributed by atoms with Gasteiger partial charge in [-0.2, -0.15) is 0 Å². The summed E-state index contributed by atoms with van der Waals surface area (Å²) in [5, 5.41) is 0.718. The highest BCUT2D eigenvalue weighted by atomic mass is 16.5. The van der Waals surface area contributed by atoms with Crippen LogP contribution in [0.5, 0.6) is 5.75 Å². The predicted molar refractivity (Wildman–Crippen MR) is 135 cm³/mol. The molecule has 3 aromatic carbocycles. The number of benzene rings is 3. The molecular formula is C30H25NO4. The summed E-state index contributed by atoms with van der Waals surface area (Å²) >= 11 is 0. The van der Waals surface area contributed by atoms with Gasteiger partial charge in [-0.05, 0) is 31.1 Å². The molecule has 0 N–H and O–H groups in total.